The zero-order valence-electron chi connectivity index (χ0n) is 32.2. The molecule has 4 aromatic rings. The van der Waals surface area contributed by atoms with E-state index in [1.807, 2.05) is 62.4 Å². The molecule has 56 heavy (non-hydrogen) atoms. The molecule has 294 valence electrons. The molecule has 2 aliphatic carbocycles. The van der Waals surface area contributed by atoms with E-state index >= 15 is 0 Å². The molecular weight excluding hydrogens is 713 g/mol. The van der Waals surface area contributed by atoms with E-state index in [0.717, 1.165) is 75.8 Å². The molecule has 2 heterocycles. The van der Waals surface area contributed by atoms with Crippen LogP contribution in [0.4, 0.5) is 5.69 Å². The molecule has 0 radical (unpaired) electrons. The van der Waals surface area contributed by atoms with Crippen molar-refractivity contribution in [2.45, 2.75) is 109 Å². The van der Waals surface area contributed by atoms with Crippen LogP contribution < -0.4 is 10.6 Å². The fraction of sp³-hybridized carbons (Fsp3) is 0.409. The quantitative estimate of drug-likeness (QED) is 0.0638. The third kappa shape index (κ3) is 9.38. The van der Waals surface area contributed by atoms with Gasteiger partial charge in [-0.2, -0.15) is 0 Å². The average molecular weight is 763 g/mol. The van der Waals surface area contributed by atoms with Gasteiger partial charge < -0.3 is 25.7 Å². The van der Waals surface area contributed by atoms with Crippen molar-refractivity contribution < 1.29 is 39.6 Å². The molecule has 0 aliphatic heterocycles. The molecule has 0 unspecified atom stereocenters. The largest absolute Gasteiger partial charge is 0.481 e. The van der Waals surface area contributed by atoms with Gasteiger partial charge in [0.2, 0.25) is 0 Å². The molecule has 6 N–H and O–H groups in total. The summed E-state index contributed by atoms with van der Waals surface area (Å²) in [7, 11) is 0. The number of nitrogens with one attached hydrogen (secondary N) is 2. The number of amides is 1. The summed E-state index contributed by atoms with van der Waals surface area (Å²) in [5.74, 6) is -2.96. The number of carboxylic acids is 2. The molecule has 4 atom stereocenters. The van der Waals surface area contributed by atoms with Gasteiger partial charge in [0.1, 0.15) is 17.4 Å². The highest BCUT2D eigenvalue weighted by Crippen LogP contribution is 2.43. The molecule has 2 fully saturated rings. The number of benzene rings is 2. The van der Waals surface area contributed by atoms with Crippen molar-refractivity contribution in [2.75, 3.05) is 5.32 Å². The summed E-state index contributed by atoms with van der Waals surface area (Å²) in [4.78, 5) is 59.4. The first kappa shape index (κ1) is 40.4. The number of ketones is 1. The summed E-state index contributed by atoms with van der Waals surface area (Å²) < 4.78 is 0. The summed E-state index contributed by atoms with van der Waals surface area (Å²) in [5, 5.41) is 44.7. The minimum atomic E-state index is -1.14. The number of pyridine rings is 2. The predicted octanol–water partition coefficient (Wildman–Crippen LogP) is 6.13. The topological polar surface area (TPSA) is 199 Å². The smallest absolute Gasteiger partial charge is 0.323 e. The molecule has 2 saturated carbocycles. The third-order valence-electron chi connectivity index (χ3n) is 11.2. The summed E-state index contributed by atoms with van der Waals surface area (Å²) >= 11 is 0. The number of carbonyl (C=O) groups excluding carboxylic acids is 2. The fourth-order valence-electron chi connectivity index (χ4n) is 7.43. The van der Waals surface area contributed by atoms with Gasteiger partial charge in [-0.3, -0.25) is 34.5 Å². The van der Waals surface area contributed by atoms with Gasteiger partial charge in [0, 0.05) is 31.0 Å². The number of rotatable bonds is 18. The Balaban J connectivity index is 1.17. The maximum Gasteiger partial charge on any atom is 0.323 e. The fourth-order valence-corrected chi connectivity index (χ4v) is 7.43. The lowest BCUT2D eigenvalue weighted by atomic mass is 9.90. The molecule has 1 amide bonds. The summed E-state index contributed by atoms with van der Waals surface area (Å²) in [6.07, 6.45) is 6.04. The van der Waals surface area contributed by atoms with Crippen LogP contribution in [-0.2, 0) is 29.0 Å². The molecule has 2 aromatic heterocycles. The Morgan fingerprint density at radius 1 is 0.750 bits per heavy atom. The van der Waals surface area contributed by atoms with Gasteiger partial charge in [0.25, 0.3) is 5.91 Å². The van der Waals surface area contributed by atoms with Crippen molar-refractivity contribution in [2.24, 2.45) is 5.92 Å². The number of carbonyl (C=O) groups is 4. The molecule has 0 spiro atoms. The van der Waals surface area contributed by atoms with Crippen LogP contribution in [0.2, 0.25) is 0 Å². The monoisotopic (exact) mass is 762 g/mol. The van der Waals surface area contributed by atoms with Crippen LogP contribution in [-0.4, -0.2) is 72.3 Å². The molecule has 6 rings (SSSR count). The van der Waals surface area contributed by atoms with E-state index in [1.54, 1.807) is 12.4 Å². The Kier molecular flexibility index (Phi) is 12.4. The van der Waals surface area contributed by atoms with Crippen LogP contribution in [0.5, 0.6) is 0 Å². The van der Waals surface area contributed by atoms with E-state index < -0.39 is 36.1 Å². The maximum absolute atomic E-state index is 13.7. The molecule has 0 saturated heterocycles. The average Bonchev–Trinajstić information content (AvgIpc) is 4.08. The van der Waals surface area contributed by atoms with Gasteiger partial charge in [-0.25, -0.2) is 0 Å². The molecule has 2 aliphatic rings. The Bertz CT molecular complexity index is 1990. The SMILES string of the molecule is Cc1c(CC(=O)c2cc(C3CC3)c(CN[C@H](C(=O)O)[C@@H](C)O)cn2)cccc1-c1cccc(NC(=O)c2cc(C3CC3)c(CC[C@H](C(=O)O)[C@@H](C)O)cn2)c1C. The van der Waals surface area contributed by atoms with Crippen LogP contribution >= 0.6 is 0 Å². The molecular formula is C44H50N4O8. The highest BCUT2D eigenvalue weighted by Gasteiger charge is 2.31. The number of Topliss-reactive ketones (excluding diaryl/α,β-unsaturated/α-hetero) is 1. The van der Waals surface area contributed by atoms with Crippen LogP contribution in [0.1, 0.15) is 118 Å². The number of hydrogen-bond acceptors (Lipinski definition) is 9. The van der Waals surface area contributed by atoms with Crippen molar-refractivity contribution in [1.29, 1.82) is 0 Å². The second-order valence-electron chi connectivity index (χ2n) is 15.4. The predicted molar refractivity (Wildman–Crippen MR) is 211 cm³/mol. The number of anilines is 1. The number of aliphatic hydroxyl groups is 2. The van der Waals surface area contributed by atoms with Crippen LogP contribution in [0, 0.1) is 19.8 Å². The Hall–Kier alpha value is -5.30. The number of aliphatic carboxylic acids is 2. The Morgan fingerprint density at radius 3 is 1.95 bits per heavy atom. The third-order valence-corrected chi connectivity index (χ3v) is 11.2. The Labute approximate surface area is 326 Å². The number of nitrogens with zero attached hydrogens (tertiary/aromatic N) is 2. The standard InChI is InChI=1S/C44H50N4O8/c1-23-29(17-40(51)38-18-36(28-13-14-28)31(21-45-38)22-47-41(26(4)50)44(55)56)7-5-8-32(23)33-9-6-10-37(24(33)2)48-42(52)39-19-35(27-11-12-27)30(20-46-39)15-16-34(25(3)49)43(53)54/h5-10,18-21,25-28,34,41,47,49-50H,11-17,22H2,1-4H3,(H,48,52)(H,53,54)(H,55,56)/t25-,26-,34+,41+/m1/s1. The lowest BCUT2D eigenvalue weighted by Gasteiger charge is -2.18. The zero-order valence-corrected chi connectivity index (χ0v) is 32.2. The molecule has 12 heteroatoms. The number of aryl methyl sites for hydroxylation is 1. The normalized spacial score (nSPS) is 16.1. The van der Waals surface area contributed by atoms with Gasteiger partial charge in [0.05, 0.1) is 18.1 Å². The van der Waals surface area contributed by atoms with Gasteiger partial charge in [0.15, 0.2) is 5.78 Å². The van der Waals surface area contributed by atoms with Crippen molar-refractivity contribution >= 4 is 29.3 Å². The Morgan fingerprint density at radius 2 is 1.34 bits per heavy atom. The maximum atomic E-state index is 13.7. The van der Waals surface area contributed by atoms with Crippen molar-refractivity contribution in [3.05, 3.63) is 111 Å². The van der Waals surface area contributed by atoms with E-state index in [4.69, 9.17) is 0 Å². The molecule has 12 nitrogen and oxygen atoms in total. The highest BCUT2D eigenvalue weighted by atomic mass is 16.4. The molecule has 0 bridgehead atoms. The molecule has 2 aromatic carbocycles. The van der Waals surface area contributed by atoms with E-state index in [-0.39, 0.29) is 42.7 Å². The van der Waals surface area contributed by atoms with E-state index in [0.29, 0.717) is 23.7 Å². The first-order chi connectivity index (χ1) is 26.7. The van der Waals surface area contributed by atoms with Gasteiger partial charge in [-0.15, -0.1) is 0 Å². The van der Waals surface area contributed by atoms with E-state index in [1.165, 1.54) is 13.8 Å². The second kappa shape index (κ2) is 17.2. The zero-order chi connectivity index (χ0) is 40.3. The van der Waals surface area contributed by atoms with E-state index in [2.05, 4.69) is 20.6 Å². The second-order valence-corrected chi connectivity index (χ2v) is 15.4. The van der Waals surface area contributed by atoms with Gasteiger partial charge in [-0.05, 0) is 146 Å². The number of carboxylic acid groups (broad SMARTS) is 2. The van der Waals surface area contributed by atoms with Gasteiger partial charge >= 0.3 is 11.9 Å². The van der Waals surface area contributed by atoms with E-state index in [9.17, 15) is 39.6 Å². The van der Waals surface area contributed by atoms with Crippen molar-refractivity contribution in [1.82, 2.24) is 15.3 Å². The van der Waals surface area contributed by atoms with Crippen molar-refractivity contribution in [3.8, 4) is 11.1 Å². The number of aromatic nitrogens is 2. The number of aliphatic hydroxyl groups excluding tert-OH is 2. The summed E-state index contributed by atoms with van der Waals surface area (Å²) in [5.41, 5.74) is 9.41. The first-order valence-corrected chi connectivity index (χ1v) is 19.3. The summed E-state index contributed by atoms with van der Waals surface area (Å²) in [6, 6.07) is 14.1. The van der Waals surface area contributed by atoms with Crippen LogP contribution in [0.3, 0.4) is 0 Å². The van der Waals surface area contributed by atoms with Crippen molar-refractivity contribution in [3.63, 3.8) is 0 Å². The lowest BCUT2D eigenvalue weighted by molar-refractivity contribution is -0.145. The lowest BCUT2D eigenvalue weighted by Crippen LogP contribution is -2.44. The highest BCUT2D eigenvalue weighted by molar-refractivity contribution is 6.04. The number of hydrogen-bond donors (Lipinski definition) is 6. The minimum Gasteiger partial charge on any atom is -0.481 e. The van der Waals surface area contributed by atoms with Crippen LogP contribution in [0.15, 0.2) is 60.9 Å². The van der Waals surface area contributed by atoms with Gasteiger partial charge in [-0.1, -0.05) is 30.3 Å². The summed E-state index contributed by atoms with van der Waals surface area (Å²) in [6.45, 7) is 7.04. The van der Waals surface area contributed by atoms with Crippen LogP contribution in [0.25, 0.3) is 11.1 Å². The minimum absolute atomic E-state index is 0.133. The first-order valence-electron chi connectivity index (χ1n) is 19.3.